The summed E-state index contributed by atoms with van der Waals surface area (Å²) in [4.78, 5) is 10.2. The van der Waals surface area contributed by atoms with Crippen LogP contribution in [0.25, 0.3) is 0 Å². The maximum Gasteiger partial charge on any atom is 0.276 e. The van der Waals surface area contributed by atoms with Gasteiger partial charge in [-0.25, -0.2) is 0 Å². The fraction of sp³-hybridized carbons (Fsp3) is 0.400. The minimum atomic E-state index is -0.454. The molecule has 4 nitrogen and oxygen atoms in total. The third-order valence-corrected chi connectivity index (χ3v) is 2.10. The lowest BCUT2D eigenvalue weighted by atomic mass is 10.1. The van der Waals surface area contributed by atoms with E-state index in [-0.39, 0.29) is 11.4 Å². The van der Waals surface area contributed by atoms with Gasteiger partial charge >= 0.3 is 0 Å². The molecule has 0 aliphatic carbocycles. The van der Waals surface area contributed by atoms with Gasteiger partial charge in [0.25, 0.3) is 5.69 Å². The van der Waals surface area contributed by atoms with Gasteiger partial charge in [0.2, 0.25) is 0 Å². The fourth-order valence-corrected chi connectivity index (χ4v) is 1.34. The van der Waals surface area contributed by atoms with Crippen LogP contribution < -0.4 is 0 Å². The van der Waals surface area contributed by atoms with E-state index < -0.39 is 4.92 Å². The van der Waals surface area contributed by atoms with E-state index in [4.69, 9.17) is 0 Å². The highest BCUT2D eigenvalue weighted by Crippen LogP contribution is 2.28. The normalized spacial score (nSPS) is 10.1. The number of unbranched alkanes of at least 4 members (excludes halogenated alkanes) is 1. The quantitative estimate of drug-likeness (QED) is 0.593. The van der Waals surface area contributed by atoms with Gasteiger partial charge in [0.1, 0.15) is 5.75 Å². The monoisotopic (exact) mass is 195 g/mol. The molecular formula is C10H13NO3. The van der Waals surface area contributed by atoms with E-state index in [1.54, 1.807) is 0 Å². The minimum absolute atomic E-state index is 0.0125. The first kappa shape index (κ1) is 10.5. The predicted octanol–water partition coefficient (Wildman–Crippen LogP) is 2.64. The van der Waals surface area contributed by atoms with Crippen LogP contribution in [0.4, 0.5) is 5.69 Å². The van der Waals surface area contributed by atoms with Crippen LogP contribution in [0.15, 0.2) is 18.2 Å². The SMILES string of the molecule is CCCCc1c(O)cccc1[N+](=O)[O-]. The summed E-state index contributed by atoms with van der Waals surface area (Å²) in [6, 6.07) is 4.39. The maximum atomic E-state index is 10.6. The summed E-state index contributed by atoms with van der Waals surface area (Å²) in [5, 5.41) is 20.1. The number of nitrogens with zero attached hydrogens (tertiary/aromatic N) is 1. The zero-order valence-electron chi connectivity index (χ0n) is 8.06. The number of phenolic OH excluding ortho intramolecular Hbond substituents is 1. The summed E-state index contributed by atoms with van der Waals surface area (Å²) < 4.78 is 0. The third kappa shape index (κ3) is 2.22. The Morgan fingerprint density at radius 3 is 2.79 bits per heavy atom. The van der Waals surface area contributed by atoms with Crippen LogP contribution >= 0.6 is 0 Å². The van der Waals surface area contributed by atoms with Crippen molar-refractivity contribution in [2.45, 2.75) is 26.2 Å². The molecule has 0 heterocycles. The van der Waals surface area contributed by atoms with E-state index in [9.17, 15) is 15.2 Å². The number of phenols is 1. The number of hydrogen-bond acceptors (Lipinski definition) is 3. The molecule has 0 aliphatic heterocycles. The van der Waals surface area contributed by atoms with Crippen molar-refractivity contribution in [2.24, 2.45) is 0 Å². The van der Waals surface area contributed by atoms with Crippen LogP contribution in [0.2, 0.25) is 0 Å². The Morgan fingerprint density at radius 1 is 1.50 bits per heavy atom. The Bertz CT molecular complexity index is 336. The van der Waals surface area contributed by atoms with Crippen molar-refractivity contribution in [3.8, 4) is 5.75 Å². The van der Waals surface area contributed by atoms with Crippen LogP contribution in [-0.4, -0.2) is 10.0 Å². The lowest BCUT2D eigenvalue weighted by Crippen LogP contribution is -1.95. The Labute approximate surface area is 82.3 Å². The van der Waals surface area contributed by atoms with Gasteiger partial charge in [0.05, 0.1) is 10.5 Å². The second-order valence-corrected chi connectivity index (χ2v) is 3.14. The highest BCUT2D eigenvalue weighted by molar-refractivity contribution is 5.48. The number of hydrogen-bond donors (Lipinski definition) is 1. The van der Waals surface area contributed by atoms with Gasteiger partial charge in [-0.2, -0.15) is 0 Å². The molecule has 1 aromatic rings. The topological polar surface area (TPSA) is 63.4 Å². The van der Waals surface area contributed by atoms with Crippen LogP contribution in [0.1, 0.15) is 25.3 Å². The molecular weight excluding hydrogens is 182 g/mol. The van der Waals surface area contributed by atoms with Gasteiger partial charge in [-0.1, -0.05) is 19.4 Å². The first-order chi connectivity index (χ1) is 6.66. The molecule has 1 N–H and O–H groups in total. The van der Waals surface area contributed by atoms with Crippen molar-refractivity contribution in [2.75, 3.05) is 0 Å². The van der Waals surface area contributed by atoms with E-state index in [0.717, 1.165) is 12.8 Å². The highest BCUT2D eigenvalue weighted by atomic mass is 16.6. The largest absolute Gasteiger partial charge is 0.507 e. The molecule has 4 heteroatoms. The van der Waals surface area contributed by atoms with Crippen molar-refractivity contribution in [3.05, 3.63) is 33.9 Å². The predicted molar refractivity (Wildman–Crippen MR) is 53.4 cm³/mol. The van der Waals surface area contributed by atoms with E-state index in [1.807, 2.05) is 6.92 Å². The van der Waals surface area contributed by atoms with E-state index in [0.29, 0.717) is 12.0 Å². The molecule has 0 saturated heterocycles. The van der Waals surface area contributed by atoms with E-state index >= 15 is 0 Å². The smallest absolute Gasteiger partial charge is 0.276 e. The Hall–Kier alpha value is -1.58. The van der Waals surface area contributed by atoms with Crippen molar-refractivity contribution in [1.82, 2.24) is 0 Å². The maximum absolute atomic E-state index is 10.6. The summed E-state index contributed by atoms with van der Waals surface area (Å²) in [6.07, 6.45) is 2.35. The molecule has 0 spiro atoms. The average molecular weight is 195 g/mol. The van der Waals surface area contributed by atoms with Gasteiger partial charge < -0.3 is 5.11 Å². The molecule has 0 atom stereocenters. The first-order valence-electron chi connectivity index (χ1n) is 4.62. The summed E-state index contributed by atoms with van der Waals surface area (Å²) in [5.41, 5.74) is 0.456. The number of rotatable bonds is 4. The zero-order valence-corrected chi connectivity index (χ0v) is 8.06. The van der Waals surface area contributed by atoms with Gasteiger partial charge in [0.15, 0.2) is 0 Å². The molecule has 0 saturated carbocycles. The molecule has 0 fully saturated rings. The molecule has 0 unspecified atom stereocenters. The third-order valence-electron chi connectivity index (χ3n) is 2.10. The van der Waals surface area contributed by atoms with Gasteiger partial charge in [-0.3, -0.25) is 10.1 Å². The summed E-state index contributed by atoms with van der Waals surface area (Å²) in [6.45, 7) is 2.01. The molecule has 1 rings (SSSR count). The van der Waals surface area contributed by atoms with E-state index in [2.05, 4.69) is 0 Å². The van der Waals surface area contributed by atoms with Crippen LogP contribution in [0.3, 0.4) is 0 Å². The molecule has 0 amide bonds. The van der Waals surface area contributed by atoms with Gasteiger partial charge in [-0.05, 0) is 18.9 Å². The average Bonchev–Trinajstić information content (AvgIpc) is 2.15. The Morgan fingerprint density at radius 2 is 2.21 bits per heavy atom. The first-order valence-corrected chi connectivity index (χ1v) is 4.62. The van der Waals surface area contributed by atoms with Crippen LogP contribution in [0.5, 0.6) is 5.75 Å². The number of aromatic hydroxyl groups is 1. The second-order valence-electron chi connectivity index (χ2n) is 3.14. The second kappa shape index (κ2) is 4.60. The highest BCUT2D eigenvalue weighted by Gasteiger charge is 2.15. The standard InChI is InChI=1S/C10H13NO3/c1-2-3-5-8-9(11(13)14)6-4-7-10(8)12/h4,6-7,12H,2-3,5H2,1H3. The van der Waals surface area contributed by atoms with Crippen molar-refractivity contribution < 1.29 is 10.0 Å². The fourth-order valence-electron chi connectivity index (χ4n) is 1.34. The van der Waals surface area contributed by atoms with Crippen molar-refractivity contribution in [3.63, 3.8) is 0 Å². The van der Waals surface area contributed by atoms with E-state index in [1.165, 1.54) is 18.2 Å². The number of benzene rings is 1. The van der Waals surface area contributed by atoms with Crippen molar-refractivity contribution in [1.29, 1.82) is 0 Å². The number of nitro benzene ring substituents is 1. The van der Waals surface area contributed by atoms with Crippen molar-refractivity contribution >= 4 is 5.69 Å². The minimum Gasteiger partial charge on any atom is -0.507 e. The van der Waals surface area contributed by atoms with Gasteiger partial charge in [-0.15, -0.1) is 0 Å². The molecule has 14 heavy (non-hydrogen) atoms. The van der Waals surface area contributed by atoms with Crippen LogP contribution in [-0.2, 0) is 6.42 Å². The van der Waals surface area contributed by atoms with Crippen LogP contribution in [0, 0.1) is 10.1 Å². The summed E-state index contributed by atoms with van der Waals surface area (Å²) >= 11 is 0. The Balaban J connectivity index is 3.02. The lowest BCUT2D eigenvalue weighted by Gasteiger charge is -2.03. The summed E-state index contributed by atoms with van der Waals surface area (Å²) in [7, 11) is 0. The van der Waals surface area contributed by atoms with Gasteiger partial charge in [0, 0.05) is 6.07 Å². The molecule has 0 radical (unpaired) electrons. The zero-order chi connectivity index (χ0) is 10.6. The molecule has 0 aromatic heterocycles. The number of nitro groups is 1. The Kier molecular flexibility index (Phi) is 3.45. The molecule has 0 aliphatic rings. The lowest BCUT2D eigenvalue weighted by molar-refractivity contribution is -0.385. The molecule has 0 bridgehead atoms. The molecule has 1 aromatic carbocycles. The molecule has 76 valence electrons. The summed E-state index contributed by atoms with van der Waals surface area (Å²) in [5.74, 6) is 0.0210.